The topological polar surface area (TPSA) is 24.9 Å². The Bertz CT molecular complexity index is 669. The third kappa shape index (κ3) is 1.96. The van der Waals surface area contributed by atoms with E-state index in [4.69, 9.17) is 0 Å². The van der Waals surface area contributed by atoms with E-state index in [2.05, 4.69) is 39.9 Å². The van der Waals surface area contributed by atoms with Crippen molar-refractivity contribution in [3.05, 3.63) is 51.3 Å². The van der Waals surface area contributed by atoms with E-state index in [9.17, 15) is 0 Å². The van der Waals surface area contributed by atoms with Gasteiger partial charge in [-0.3, -0.25) is 0 Å². The third-order valence-electron chi connectivity index (χ3n) is 3.03. The number of hydrogen-bond acceptors (Lipinski definition) is 4. The Hall–Kier alpha value is -1.23. The van der Waals surface area contributed by atoms with Crippen LogP contribution in [0.3, 0.4) is 0 Å². The minimum Gasteiger partial charge on any atom is -0.309 e. The van der Waals surface area contributed by atoms with Gasteiger partial charge in [0, 0.05) is 15.8 Å². The summed E-state index contributed by atoms with van der Waals surface area (Å²) >= 11 is 3.56. The Labute approximate surface area is 114 Å². The molecule has 0 saturated heterocycles. The normalized spacial score (nSPS) is 13.0. The van der Waals surface area contributed by atoms with Crippen molar-refractivity contribution in [3.63, 3.8) is 0 Å². The number of nitrogens with one attached hydrogen (secondary N) is 1. The Morgan fingerprint density at radius 2 is 2.17 bits per heavy atom. The largest absolute Gasteiger partial charge is 0.309 e. The zero-order valence-corrected chi connectivity index (χ0v) is 11.9. The van der Waals surface area contributed by atoms with Gasteiger partial charge in [0.1, 0.15) is 0 Å². The van der Waals surface area contributed by atoms with Crippen LogP contribution in [0.15, 0.2) is 35.8 Å². The van der Waals surface area contributed by atoms with Crippen LogP contribution in [-0.2, 0) is 0 Å². The van der Waals surface area contributed by atoms with Crippen molar-refractivity contribution in [1.29, 1.82) is 0 Å². The monoisotopic (exact) mass is 274 g/mol. The fraction of sp³-hybridized carbons (Fsp3) is 0.214. The summed E-state index contributed by atoms with van der Waals surface area (Å²) in [6, 6.07) is 8.91. The van der Waals surface area contributed by atoms with Crippen LogP contribution in [0.2, 0.25) is 0 Å². The number of aryl methyl sites for hydroxylation is 1. The summed E-state index contributed by atoms with van der Waals surface area (Å²) in [7, 11) is 2.01. The molecule has 0 amide bonds. The average molecular weight is 274 g/mol. The van der Waals surface area contributed by atoms with Gasteiger partial charge in [-0.2, -0.15) is 0 Å². The number of nitrogens with zero attached hydrogens (tertiary/aromatic N) is 1. The zero-order valence-electron chi connectivity index (χ0n) is 10.3. The van der Waals surface area contributed by atoms with Crippen LogP contribution in [0.5, 0.6) is 0 Å². The molecule has 18 heavy (non-hydrogen) atoms. The molecule has 2 heterocycles. The molecule has 0 aliphatic rings. The maximum Gasteiger partial charge on any atom is 0.0897 e. The van der Waals surface area contributed by atoms with Gasteiger partial charge >= 0.3 is 0 Å². The summed E-state index contributed by atoms with van der Waals surface area (Å²) in [5.74, 6) is 0. The molecule has 1 N–H and O–H groups in total. The molecule has 0 radical (unpaired) electrons. The van der Waals surface area contributed by atoms with Crippen molar-refractivity contribution in [2.45, 2.75) is 13.0 Å². The second kappa shape index (κ2) is 4.80. The van der Waals surface area contributed by atoms with Gasteiger partial charge in [-0.1, -0.05) is 18.2 Å². The lowest BCUT2D eigenvalue weighted by molar-refractivity contribution is 0.708. The highest BCUT2D eigenvalue weighted by molar-refractivity contribution is 7.17. The number of thiophene rings is 1. The smallest absolute Gasteiger partial charge is 0.0897 e. The van der Waals surface area contributed by atoms with Gasteiger partial charge in [-0.15, -0.1) is 22.7 Å². The molecule has 2 aromatic heterocycles. The molecule has 2 nitrogen and oxygen atoms in total. The average Bonchev–Trinajstić information content (AvgIpc) is 2.99. The molecule has 0 spiro atoms. The Kier molecular flexibility index (Phi) is 3.16. The van der Waals surface area contributed by atoms with E-state index in [1.54, 1.807) is 22.7 Å². The highest BCUT2D eigenvalue weighted by Gasteiger charge is 2.17. The van der Waals surface area contributed by atoms with E-state index in [1.807, 2.05) is 20.2 Å². The molecule has 1 atom stereocenters. The lowest BCUT2D eigenvalue weighted by Gasteiger charge is -2.15. The van der Waals surface area contributed by atoms with Gasteiger partial charge < -0.3 is 5.32 Å². The lowest BCUT2D eigenvalue weighted by atomic mass is 10.0. The molecule has 1 unspecified atom stereocenters. The quantitative estimate of drug-likeness (QED) is 0.781. The van der Waals surface area contributed by atoms with Crippen molar-refractivity contribution >= 4 is 32.8 Å². The van der Waals surface area contributed by atoms with E-state index in [0.717, 1.165) is 5.01 Å². The maximum absolute atomic E-state index is 4.36. The summed E-state index contributed by atoms with van der Waals surface area (Å²) in [4.78, 5) is 5.63. The maximum atomic E-state index is 4.36. The molecule has 92 valence electrons. The number of hydrogen-bond donors (Lipinski definition) is 1. The molecule has 1 aromatic carbocycles. The second-order valence-corrected chi connectivity index (χ2v) is 6.37. The molecule has 0 saturated carbocycles. The van der Waals surface area contributed by atoms with Gasteiger partial charge in [0.05, 0.1) is 11.0 Å². The predicted molar refractivity (Wildman–Crippen MR) is 79.6 cm³/mol. The minimum atomic E-state index is 0.235. The minimum absolute atomic E-state index is 0.235. The number of thiazole rings is 1. The van der Waals surface area contributed by atoms with Crippen molar-refractivity contribution in [2.75, 3.05) is 7.05 Å². The van der Waals surface area contributed by atoms with Crippen LogP contribution in [0.4, 0.5) is 0 Å². The number of rotatable bonds is 3. The van der Waals surface area contributed by atoms with Crippen LogP contribution < -0.4 is 5.32 Å². The molecule has 3 rings (SSSR count). The van der Waals surface area contributed by atoms with Crippen molar-refractivity contribution < 1.29 is 0 Å². The second-order valence-electron chi connectivity index (χ2n) is 4.19. The first-order valence-electron chi connectivity index (χ1n) is 5.85. The third-order valence-corrected chi connectivity index (χ3v) is 4.99. The summed E-state index contributed by atoms with van der Waals surface area (Å²) in [5, 5.41) is 7.99. The van der Waals surface area contributed by atoms with Crippen LogP contribution >= 0.6 is 22.7 Å². The van der Waals surface area contributed by atoms with Crippen molar-refractivity contribution in [3.8, 4) is 0 Å². The molecule has 3 aromatic rings. The Morgan fingerprint density at radius 1 is 1.28 bits per heavy atom. The Morgan fingerprint density at radius 3 is 2.89 bits per heavy atom. The van der Waals surface area contributed by atoms with Gasteiger partial charge in [0.15, 0.2) is 0 Å². The van der Waals surface area contributed by atoms with E-state index in [-0.39, 0.29) is 6.04 Å². The summed E-state index contributed by atoms with van der Waals surface area (Å²) in [5.41, 5.74) is 1.34. The fourth-order valence-corrected chi connectivity index (χ4v) is 4.07. The lowest BCUT2D eigenvalue weighted by Crippen LogP contribution is -2.16. The van der Waals surface area contributed by atoms with Crippen LogP contribution in [0, 0.1) is 6.92 Å². The van der Waals surface area contributed by atoms with E-state index >= 15 is 0 Å². The summed E-state index contributed by atoms with van der Waals surface area (Å²) in [6.07, 6.45) is 1.98. The first kappa shape index (κ1) is 11.8. The SMILES string of the molecule is CNC(c1cnc(C)s1)c1cccc2ccsc12. The van der Waals surface area contributed by atoms with Crippen LogP contribution in [0.25, 0.3) is 10.1 Å². The molecule has 4 heteroatoms. The van der Waals surface area contributed by atoms with Crippen molar-refractivity contribution in [2.24, 2.45) is 0 Å². The van der Waals surface area contributed by atoms with Gasteiger partial charge in [-0.05, 0) is 36.4 Å². The number of fused-ring (bicyclic) bond motifs is 1. The molecular formula is C14H14N2S2. The van der Waals surface area contributed by atoms with Gasteiger partial charge in [0.2, 0.25) is 0 Å². The fourth-order valence-electron chi connectivity index (χ4n) is 2.21. The predicted octanol–water partition coefficient (Wildman–Crippen LogP) is 3.98. The first-order chi connectivity index (χ1) is 8.79. The molecule has 0 fully saturated rings. The zero-order chi connectivity index (χ0) is 12.5. The molecule has 0 aliphatic heterocycles. The Balaban J connectivity index is 2.14. The molecule has 0 aliphatic carbocycles. The van der Waals surface area contributed by atoms with E-state index < -0.39 is 0 Å². The molecule has 0 bridgehead atoms. The van der Waals surface area contributed by atoms with E-state index in [0.29, 0.717) is 0 Å². The van der Waals surface area contributed by atoms with E-state index in [1.165, 1.54) is 20.5 Å². The highest BCUT2D eigenvalue weighted by atomic mass is 32.1. The van der Waals surface area contributed by atoms with Crippen LogP contribution in [0.1, 0.15) is 21.5 Å². The van der Waals surface area contributed by atoms with Crippen molar-refractivity contribution in [1.82, 2.24) is 10.3 Å². The summed E-state index contributed by atoms with van der Waals surface area (Å²) in [6.45, 7) is 2.05. The van der Waals surface area contributed by atoms with Crippen LogP contribution in [-0.4, -0.2) is 12.0 Å². The van der Waals surface area contributed by atoms with Gasteiger partial charge in [-0.25, -0.2) is 4.98 Å². The number of aromatic nitrogens is 1. The highest BCUT2D eigenvalue weighted by Crippen LogP contribution is 2.33. The summed E-state index contributed by atoms with van der Waals surface area (Å²) < 4.78 is 1.36. The number of benzene rings is 1. The standard InChI is InChI=1S/C14H14N2S2/c1-9-16-8-12(18-9)13(15-2)11-5-3-4-10-6-7-17-14(10)11/h3-8,13,15H,1-2H3. The molecular weight excluding hydrogens is 260 g/mol. The first-order valence-corrected chi connectivity index (χ1v) is 7.55. The van der Waals surface area contributed by atoms with Gasteiger partial charge in [0.25, 0.3) is 0 Å².